The summed E-state index contributed by atoms with van der Waals surface area (Å²) >= 11 is 0. The van der Waals surface area contributed by atoms with Crippen LogP contribution < -0.4 is 5.32 Å². The van der Waals surface area contributed by atoms with E-state index < -0.39 is 5.82 Å². The first-order valence-electron chi connectivity index (χ1n) is 9.99. The van der Waals surface area contributed by atoms with Gasteiger partial charge < -0.3 is 10.3 Å². The molecule has 0 amide bonds. The average Bonchev–Trinajstić information content (AvgIpc) is 3.51. The highest BCUT2D eigenvalue weighted by molar-refractivity contribution is 5.85. The lowest BCUT2D eigenvalue weighted by molar-refractivity contribution is 0.625. The SMILES string of the molecule is C#C.CC.N#Cc1c(F)ccc2nc(CNc3ncnc4nc[nH]c34)n(-c3ccccn3)c12. The molecule has 0 saturated carbocycles. The summed E-state index contributed by atoms with van der Waals surface area (Å²) in [4.78, 5) is 24.4. The highest BCUT2D eigenvalue weighted by atomic mass is 19.1. The van der Waals surface area contributed by atoms with Crippen LogP contribution >= 0.6 is 0 Å². The molecule has 5 rings (SSSR count). The summed E-state index contributed by atoms with van der Waals surface area (Å²) in [5.74, 6) is 1.03. The molecule has 33 heavy (non-hydrogen) atoms. The van der Waals surface area contributed by atoms with Crippen molar-refractivity contribution in [3.05, 3.63) is 66.4 Å². The molecule has 0 atom stereocenters. The minimum atomic E-state index is -0.605. The van der Waals surface area contributed by atoms with Crippen molar-refractivity contribution in [1.82, 2.24) is 34.5 Å². The predicted octanol–water partition coefficient (Wildman–Crippen LogP) is 3.99. The topological polar surface area (TPSA) is 121 Å². The van der Waals surface area contributed by atoms with Crippen molar-refractivity contribution in [2.75, 3.05) is 5.32 Å². The van der Waals surface area contributed by atoms with Gasteiger partial charge in [-0.1, -0.05) is 19.9 Å². The number of aromatic amines is 1. The summed E-state index contributed by atoms with van der Waals surface area (Å²) in [6.07, 6.45) is 12.6. The maximum atomic E-state index is 14.3. The molecule has 10 heteroatoms. The number of imidazole rings is 2. The van der Waals surface area contributed by atoms with Gasteiger partial charge in [0, 0.05) is 6.20 Å². The second-order valence-corrected chi connectivity index (χ2v) is 6.13. The second kappa shape index (κ2) is 10.5. The summed E-state index contributed by atoms with van der Waals surface area (Å²) < 4.78 is 16.0. The highest BCUT2D eigenvalue weighted by Gasteiger charge is 2.19. The summed E-state index contributed by atoms with van der Waals surface area (Å²) in [6, 6.07) is 10.1. The van der Waals surface area contributed by atoms with Crippen molar-refractivity contribution in [2.45, 2.75) is 20.4 Å². The first-order chi connectivity index (χ1) is 16.3. The Balaban J connectivity index is 0.000000728. The largest absolute Gasteiger partial charge is 0.361 e. The number of H-pyrrole nitrogens is 1. The number of aromatic nitrogens is 7. The van der Waals surface area contributed by atoms with Crippen LogP contribution in [0.25, 0.3) is 28.0 Å². The molecule has 0 aliphatic carbocycles. The Morgan fingerprint density at radius 3 is 2.67 bits per heavy atom. The lowest BCUT2D eigenvalue weighted by Crippen LogP contribution is -2.10. The fourth-order valence-electron chi connectivity index (χ4n) is 3.21. The Morgan fingerprint density at radius 2 is 1.94 bits per heavy atom. The molecule has 2 N–H and O–H groups in total. The molecular weight excluding hydrogens is 421 g/mol. The van der Waals surface area contributed by atoms with Gasteiger partial charge in [0.15, 0.2) is 11.5 Å². The normalized spacial score (nSPS) is 9.94. The molecule has 0 spiro atoms. The van der Waals surface area contributed by atoms with E-state index in [2.05, 4.69) is 48.1 Å². The summed E-state index contributed by atoms with van der Waals surface area (Å²) in [5.41, 5.74) is 1.99. The molecule has 0 aliphatic heterocycles. The van der Waals surface area contributed by atoms with Gasteiger partial charge in [0.2, 0.25) is 0 Å². The van der Waals surface area contributed by atoms with Gasteiger partial charge in [-0.15, -0.1) is 12.8 Å². The fraction of sp³-hybridized carbons (Fsp3) is 0.130. The van der Waals surface area contributed by atoms with Crippen LogP contribution in [-0.4, -0.2) is 34.5 Å². The van der Waals surface area contributed by atoms with Crippen molar-refractivity contribution in [3.63, 3.8) is 0 Å². The number of hydrogen-bond donors (Lipinski definition) is 2. The zero-order chi connectivity index (χ0) is 23.8. The van der Waals surface area contributed by atoms with Gasteiger partial charge in [0.05, 0.1) is 23.9 Å². The minimum Gasteiger partial charge on any atom is -0.361 e. The van der Waals surface area contributed by atoms with Gasteiger partial charge in [-0.3, -0.25) is 4.57 Å². The summed E-state index contributed by atoms with van der Waals surface area (Å²) in [6.45, 7) is 4.25. The average molecular weight is 441 g/mol. The van der Waals surface area contributed by atoms with Gasteiger partial charge in [-0.25, -0.2) is 29.3 Å². The number of terminal acetylenes is 1. The lowest BCUT2D eigenvalue weighted by atomic mass is 10.2. The van der Waals surface area contributed by atoms with E-state index in [4.69, 9.17) is 0 Å². The number of nitriles is 1. The molecule has 0 radical (unpaired) electrons. The molecule has 4 aromatic heterocycles. The first kappa shape index (κ1) is 22.8. The van der Waals surface area contributed by atoms with Gasteiger partial charge >= 0.3 is 0 Å². The number of hydrogen-bond acceptors (Lipinski definition) is 7. The Labute approximate surface area is 189 Å². The molecular formula is C23H20FN9. The molecule has 0 aliphatic rings. The van der Waals surface area contributed by atoms with E-state index >= 15 is 0 Å². The van der Waals surface area contributed by atoms with Crippen LogP contribution in [0.4, 0.5) is 10.2 Å². The predicted molar refractivity (Wildman–Crippen MR) is 124 cm³/mol. The maximum absolute atomic E-state index is 14.3. The molecule has 164 valence electrons. The number of halogens is 1. The van der Waals surface area contributed by atoms with Crippen molar-refractivity contribution < 1.29 is 4.39 Å². The van der Waals surface area contributed by atoms with Gasteiger partial charge in [-0.05, 0) is 24.3 Å². The minimum absolute atomic E-state index is 0.0788. The molecule has 0 unspecified atom stereocenters. The van der Waals surface area contributed by atoms with E-state index in [9.17, 15) is 9.65 Å². The van der Waals surface area contributed by atoms with Crippen LogP contribution in [0.3, 0.4) is 0 Å². The summed E-state index contributed by atoms with van der Waals surface area (Å²) in [7, 11) is 0. The van der Waals surface area contributed by atoms with Crippen molar-refractivity contribution in [1.29, 1.82) is 5.26 Å². The van der Waals surface area contributed by atoms with Gasteiger partial charge in [-0.2, -0.15) is 5.26 Å². The van der Waals surface area contributed by atoms with Crippen molar-refractivity contribution in [2.24, 2.45) is 0 Å². The number of nitrogens with one attached hydrogen (secondary N) is 2. The van der Waals surface area contributed by atoms with Crippen LogP contribution in [0.5, 0.6) is 0 Å². The molecule has 0 saturated heterocycles. The number of rotatable bonds is 4. The number of nitrogens with zero attached hydrogens (tertiary/aromatic N) is 7. The molecule has 9 nitrogen and oxygen atoms in total. The molecule has 1 aromatic carbocycles. The second-order valence-electron chi connectivity index (χ2n) is 6.13. The Hall–Kier alpha value is -4.83. The Morgan fingerprint density at radius 1 is 1.12 bits per heavy atom. The first-order valence-corrected chi connectivity index (χ1v) is 9.99. The van der Waals surface area contributed by atoms with E-state index in [0.717, 1.165) is 0 Å². The number of pyridine rings is 1. The zero-order valence-corrected chi connectivity index (χ0v) is 18.0. The van der Waals surface area contributed by atoms with Crippen LogP contribution in [0, 0.1) is 30.0 Å². The van der Waals surface area contributed by atoms with E-state index in [-0.39, 0.29) is 12.1 Å². The quantitative estimate of drug-likeness (QED) is 0.405. The molecule has 4 heterocycles. The zero-order valence-electron chi connectivity index (χ0n) is 18.0. The maximum Gasteiger partial charge on any atom is 0.182 e. The lowest BCUT2D eigenvalue weighted by Gasteiger charge is -2.10. The molecule has 0 bridgehead atoms. The fourth-order valence-corrected chi connectivity index (χ4v) is 3.21. The van der Waals surface area contributed by atoms with Crippen LogP contribution in [0.15, 0.2) is 49.2 Å². The van der Waals surface area contributed by atoms with Gasteiger partial charge in [0.25, 0.3) is 0 Å². The standard InChI is InChI=1S/C19H12FN9.C2H6.C2H2/c20-12-4-5-13-17(11(12)7-21)29(14-3-1-2-6-22-14)15(28-13)8-23-18-16-19(25-9-24-16)27-10-26-18;2*1-2/h1-6,9-10H,8H2,(H2,23,24,25,26,27);1-2H3;1-2H. The third-order valence-electron chi connectivity index (χ3n) is 4.46. The van der Waals surface area contributed by atoms with E-state index in [1.54, 1.807) is 29.0 Å². The van der Waals surface area contributed by atoms with Crippen LogP contribution in [-0.2, 0) is 6.54 Å². The van der Waals surface area contributed by atoms with Crippen LogP contribution in [0.2, 0.25) is 0 Å². The Bertz CT molecular complexity index is 1430. The monoisotopic (exact) mass is 441 g/mol. The van der Waals surface area contributed by atoms with E-state index in [1.807, 2.05) is 26.0 Å². The van der Waals surface area contributed by atoms with Gasteiger partial charge in [0.1, 0.15) is 40.9 Å². The van der Waals surface area contributed by atoms with E-state index in [0.29, 0.717) is 39.7 Å². The van der Waals surface area contributed by atoms with Crippen molar-refractivity contribution in [3.8, 4) is 24.7 Å². The molecule has 5 aromatic rings. The van der Waals surface area contributed by atoms with Crippen molar-refractivity contribution >= 4 is 28.0 Å². The summed E-state index contributed by atoms with van der Waals surface area (Å²) in [5, 5.41) is 12.7. The van der Waals surface area contributed by atoms with Crippen LogP contribution in [0.1, 0.15) is 25.2 Å². The molecule has 0 fully saturated rings. The van der Waals surface area contributed by atoms with E-state index in [1.165, 1.54) is 18.7 Å². The number of anilines is 1. The number of benzene rings is 1. The Kier molecular flexibility index (Phi) is 7.24. The third kappa shape index (κ3) is 4.31. The highest BCUT2D eigenvalue weighted by Crippen LogP contribution is 2.26. The third-order valence-corrected chi connectivity index (χ3v) is 4.46. The smallest absolute Gasteiger partial charge is 0.182 e. The number of fused-ring (bicyclic) bond motifs is 2.